The highest BCUT2D eigenvalue weighted by molar-refractivity contribution is 7.92. The van der Waals surface area contributed by atoms with E-state index in [1.165, 1.54) is 4.68 Å². The van der Waals surface area contributed by atoms with Gasteiger partial charge in [-0.1, -0.05) is 73.1 Å². The molecule has 3 aromatic carbocycles. The molecule has 0 aliphatic rings. The van der Waals surface area contributed by atoms with Crippen LogP contribution in [-0.4, -0.2) is 34.5 Å². The summed E-state index contributed by atoms with van der Waals surface area (Å²) in [4.78, 5) is 13.7. The first kappa shape index (κ1) is 31.0. The smallest absolute Gasteiger partial charge is 0.351 e. The van der Waals surface area contributed by atoms with Gasteiger partial charge >= 0.3 is 5.69 Å². The average molecular weight is 616 g/mol. The normalized spacial score (nSPS) is 11.6. The number of sulfonamides is 1. The second-order valence-corrected chi connectivity index (χ2v) is 12.2. The molecule has 0 saturated carbocycles. The van der Waals surface area contributed by atoms with E-state index in [1.54, 1.807) is 42.7 Å². The molecule has 0 bridgehead atoms. The van der Waals surface area contributed by atoms with Gasteiger partial charge in [-0.25, -0.2) is 13.2 Å². The van der Waals surface area contributed by atoms with Crippen LogP contribution in [0.5, 0.6) is 0 Å². The number of ether oxygens (including phenoxy) is 1. The Morgan fingerprint density at radius 3 is 2.41 bits per heavy atom. The molecule has 5 rings (SSSR count). The maximum Gasteiger partial charge on any atom is 0.351 e. The topological polar surface area (TPSA) is 121 Å². The molecule has 0 atom stereocenters. The van der Waals surface area contributed by atoms with E-state index < -0.39 is 10.0 Å². The quantitative estimate of drug-likeness (QED) is 0.172. The molecule has 0 aliphatic heterocycles. The van der Waals surface area contributed by atoms with E-state index in [0.717, 1.165) is 35.4 Å². The number of benzene rings is 3. The Bertz CT molecular complexity index is 1910. The van der Waals surface area contributed by atoms with E-state index in [2.05, 4.69) is 21.9 Å². The lowest BCUT2D eigenvalue weighted by Crippen LogP contribution is -2.25. The molecule has 0 unspecified atom stereocenters. The van der Waals surface area contributed by atoms with Crippen molar-refractivity contribution in [1.29, 1.82) is 0 Å². The standard InChI is InChI=1S/C33H37N5O5S/c1-5-7-17-31-34-38(27-13-9-8-10-14-27)33(39)37(31)21-25-18-19-28(26(20-25)22-42-6-2)29-15-11-12-16-30(29)44(40,41)36-32-23(3)24(4)43-35-32/h8-16,18-20H,5-7,17,21-22H2,1-4H3,(H,35,36). The highest BCUT2D eigenvalue weighted by atomic mass is 32.2. The monoisotopic (exact) mass is 615 g/mol. The van der Waals surface area contributed by atoms with Gasteiger partial charge in [0.15, 0.2) is 5.82 Å². The average Bonchev–Trinajstić information content (AvgIpc) is 3.51. The Kier molecular flexibility index (Phi) is 9.46. The fraction of sp³-hybridized carbons (Fsp3) is 0.303. The van der Waals surface area contributed by atoms with Gasteiger partial charge in [-0.3, -0.25) is 9.29 Å². The molecule has 44 heavy (non-hydrogen) atoms. The van der Waals surface area contributed by atoms with Crippen LogP contribution in [0.3, 0.4) is 0 Å². The van der Waals surface area contributed by atoms with Crippen LogP contribution in [0.1, 0.15) is 55.0 Å². The van der Waals surface area contributed by atoms with E-state index in [4.69, 9.17) is 9.26 Å². The van der Waals surface area contributed by atoms with Crippen LogP contribution in [0.2, 0.25) is 0 Å². The summed E-state index contributed by atoms with van der Waals surface area (Å²) in [5, 5.41) is 8.56. The first-order valence-electron chi connectivity index (χ1n) is 14.7. The summed E-state index contributed by atoms with van der Waals surface area (Å²) in [6, 6.07) is 22.0. The molecule has 0 saturated heterocycles. The Labute approximate surface area is 257 Å². The molecule has 0 fully saturated rings. The summed E-state index contributed by atoms with van der Waals surface area (Å²) in [7, 11) is -4.01. The highest BCUT2D eigenvalue weighted by Crippen LogP contribution is 2.33. The van der Waals surface area contributed by atoms with Gasteiger partial charge in [0.1, 0.15) is 11.6 Å². The van der Waals surface area contributed by atoms with Crippen molar-refractivity contribution in [3.63, 3.8) is 0 Å². The van der Waals surface area contributed by atoms with Crippen LogP contribution in [-0.2, 0) is 34.3 Å². The fourth-order valence-electron chi connectivity index (χ4n) is 4.99. The van der Waals surface area contributed by atoms with Gasteiger partial charge in [-0.2, -0.15) is 4.68 Å². The first-order chi connectivity index (χ1) is 21.2. The predicted octanol–water partition coefficient (Wildman–Crippen LogP) is 6.03. The van der Waals surface area contributed by atoms with Gasteiger partial charge in [-0.15, -0.1) is 5.10 Å². The van der Waals surface area contributed by atoms with Crippen molar-refractivity contribution < 1.29 is 17.7 Å². The van der Waals surface area contributed by atoms with Gasteiger partial charge in [0, 0.05) is 24.2 Å². The molecule has 2 heterocycles. The van der Waals surface area contributed by atoms with Crippen molar-refractivity contribution in [1.82, 2.24) is 19.5 Å². The first-order valence-corrected chi connectivity index (χ1v) is 16.2. The zero-order valence-corrected chi connectivity index (χ0v) is 26.2. The van der Waals surface area contributed by atoms with E-state index in [1.807, 2.05) is 55.5 Å². The third kappa shape index (κ3) is 6.53. The van der Waals surface area contributed by atoms with Crippen molar-refractivity contribution in [3.05, 3.63) is 112 Å². The Morgan fingerprint density at radius 1 is 0.955 bits per heavy atom. The van der Waals surface area contributed by atoms with Crippen LogP contribution in [0.4, 0.5) is 5.82 Å². The third-order valence-electron chi connectivity index (χ3n) is 7.52. The zero-order chi connectivity index (χ0) is 31.3. The van der Waals surface area contributed by atoms with Crippen molar-refractivity contribution in [2.45, 2.75) is 65.0 Å². The van der Waals surface area contributed by atoms with Gasteiger partial charge in [0.25, 0.3) is 10.0 Å². The molecule has 2 aromatic heterocycles. The number of unbranched alkanes of at least 4 members (excludes halogenated alkanes) is 1. The highest BCUT2D eigenvalue weighted by Gasteiger charge is 2.24. The molecule has 11 heteroatoms. The lowest BCUT2D eigenvalue weighted by atomic mass is 9.97. The minimum absolute atomic E-state index is 0.104. The summed E-state index contributed by atoms with van der Waals surface area (Å²) < 4.78 is 43.9. The molecule has 10 nitrogen and oxygen atoms in total. The second-order valence-electron chi connectivity index (χ2n) is 10.6. The van der Waals surface area contributed by atoms with E-state index in [9.17, 15) is 13.2 Å². The Balaban J connectivity index is 1.54. The predicted molar refractivity (Wildman–Crippen MR) is 170 cm³/mol. The summed E-state index contributed by atoms with van der Waals surface area (Å²) in [5.41, 5.74) is 4.05. The third-order valence-corrected chi connectivity index (χ3v) is 8.92. The maximum atomic E-state index is 13.6. The van der Waals surface area contributed by atoms with Gasteiger partial charge in [-0.05, 0) is 62.1 Å². The maximum absolute atomic E-state index is 13.6. The number of nitrogens with one attached hydrogen (secondary N) is 1. The Morgan fingerprint density at radius 2 is 1.70 bits per heavy atom. The van der Waals surface area contributed by atoms with Gasteiger partial charge < -0.3 is 9.26 Å². The largest absolute Gasteiger partial charge is 0.377 e. The molecule has 1 N–H and O–H groups in total. The number of hydrogen-bond donors (Lipinski definition) is 1. The minimum atomic E-state index is -4.01. The molecule has 0 radical (unpaired) electrons. The lowest BCUT2D eigenvalue weighted by molar-refractivity contribution is 0.134. The summed E-state index contributed by atoms with van der Waals surface area (Å²) in [6.45, 7) is 8.56. The van der Waals surface area contributed by atoms with Gasteiger partial charge in [0.2, 0.25) is 0 Å². The van der Waals surface area contributed by atoms with Crippen LogP contribution in [0.25, 0.3) is 16.8 Å². The molecule has 5 aromatic rings. The molecular weight excluding hydrogens is 578 g/mol. The minimum Gasteiger partial charge on any atom is -0.377 e. The summed E-state index contributed by atoms with van der Waals surface area (Å²) in [6.07, 6.45) is 2.57. The number of aryl methyl sites for hydroxylation is 2. The summed E-state index contributed by atoms with van der Waals surface area (Å²) >= 11 is 0. The van der Waals surface area contributed by atoms with E-state index in [0.29, 0.717) is 42.1 Å². The number of aromatic nitrogens is 4. The lowest BCUT2D eigenvalue weighted by Gasteiger charge is -2.16. The number of para-hydroxylation sites is 1. The van der Waals surface area contributed by atoms with Crippen LogP contribution < -0.4 is 10.4 Å². The molecule has 0 spiro atoms. The molecule has 0 amide bonds. The Hall–Kier alpha value is -4.48. The molecule has 0 aliphatic carbocycles. The number of nitrogens with zero attached hydrogens (tertiary/aromatic N) is 4. The van der Waals surface area contributed by atoms with Crippen molar-refractivity contribution in [2.24, 2.45) is 0 Å². The second kappa shape index (κ2) is 13.4. The SMILES string of the molecule is CCCCc1nn(-c2ccccc2)c(=O)n1Cc1ccc(-c2ccccc2S(=O)(=O)Nc2noc(C)c2C)c(COCC)c1. The van der Waals surface area contributed by atoms with Gasteiger partial charge in [0.05, 0.1) is 23.7 Å². The van der Waals surface area contributed by atoms with Crippen molar-refractivity contribution >= 4 is 15.8 Å². The van der Waals surface area contributed by atoms with E-state index >= 15 is 0 Å². The zero-order valence-electron chi connectivity index (χ0n) is 25.4. The molecular formula is C33H37N5O5S. The van der Waals surface area contributed by atoms with Crippen LogP contribution in [0.15, 0.2) is 87.0 Å². The summed E-state index contributed by atoms with van der Waals surface area (Å²) in [5.74, 6) is 1.41. The number of hydrogen-bond acceptors (Lipinski definition) is 7. The molecule has 230 valence electrons. The van der Waals surface area contributed by atoms with E-state index in [-0.39, 0.29) is 23.0 Å². The van der Waals surface area contributed by atoms with Crippen molar-refractivity contribution in [3.8, 4) is 16.8 Å². The fourth-order valence-corrected chi connectivity index (χ4v) is 6.27. The number of rotatable bonds is 13. The van der Waals surface area contributed by atoms with Crippen molar-refractivity contribution in [2.75, 3.05) is 11.3 Å². The van der Waals surface area contributed by atoms with Crippen LogP contribution in [0, 0.1) is 13.8 Å². The number of anilines is 1. The van der Waals surface area contributed by atoms with Crippen LogP contribution >= 0.6 is 0 Å².